The molecular weight excluding hydrogens is 526 g/mol. The number of hydrogen-bond acceptors (Lipinski definition) is 10. The second kappa shape index (κ2) is 10.3. The van der Waals surface area contributed by atoms with Gasteiger partial charge in [0.25, 0.3) is 5.91 Å². The van der Waals surface area contributed by atoms with Gasteiger partial charge in [-0.2, -0.15) is 5.10 Å². The van der Waals surface area contributed by atoms with Gasteiger partial charge in [-0.25, -0.2) is 5.43 Å². The number of benzene rings is 2. The Bertz CT molecular complexity index is 1200. The first-order valence-corrected chi connectivity index (χ1v) is 11.3. The van der Waals surface area contributed by atoms with Gasteiger partial charge in [-0.05, 0) is 28.1 Å². The molecule has 2 aliphatic rings. The predicted molar refractivity (Wildman–Crippen MR) is 129 cm³/mol. The van der Waals surface area contributed by atoms with E-state index in [2.05, 4.69) is 31.6 Å². The Kier molecular flexibility index (Phi) is 7.20. The molecular formula is C23H24BrN3O8. The standard InChI is InChI=1S/C23H24BrN3O8/c1-11-17(23(28)26-25-9-12-6-7-13(29-2)8-14(12)30-3)27-35-18(11)15-16(24)20-22(34-10-33-20)21(32-5)19(15)31-4/h6-9,11,18H,10H2,1-5H3,(H,26,28)/b25-9-/t11-,18-/m0/s1. The van der Waals surface area contributed by atoms with Gasteiger partial charge in [-0.1, -0.05) is 12.1 Å². The number of hydrogen-bond donors (Lipinski definition) is 1. The molecule has 2 atom stereocenters. The second-order valence-corrected chi connectivity index (χ2v) is 8.25. The Morgan fingerprint density at radius 2 is 1.86 bits per heavy atom. The monoisotopic (exact) mass is 549 g/mol. The molecule has 1 amide bonds. The molecule has 0 saturated carbocycles. The molecule has 4 rings (SSSR count). The van der Waals surface area contributed by atoms with Crippen LogP contribution < -0.4 is 33.8 Å². The number of rotatable bonds is 8. The van der Waals surface area contributed by atoms with E-state index in [-0.39, 0.29) is 12.5 Å². The fourth-order valence-corrected chi connectivity index (χ4v) is 4.53. The number of nitrogens with zero attached hydrogens (tertiary/aromatic N) is 2. The molecule has 2 aliphatic heterocycles. The number of halogens is 1. The summed E-state index contributed by atoms with van der Waals surface area (Å²) in [5.74, 6) is 1.87. The van der Waals surface area contributed by atoms with Gasteiger partial charge in [-0.15, -0.1) is 0 Å². The molecule has 1 N–H and O–H groups in total. The van der Waals surface area contributed by atoms with Crippen molar-refractivity contribution in [2.24, 2.45) is 16.2 Å². The highest BCUT2D eigenvalue weighted by molar-refractivity contribution is 9.10. The molecule has 0 aromatic heterocycles. The molecule has 0 fully saturated rings. The third-order valence-electron chi connectivity index (χ3n) is 5.59. The Morgan fingerprint density at radius 1 is 1.11 bits per heavy atom. The Hall–Kier alpha value is -3.67. The van der Waals surface area contributed by atoms with Crippen LogP contribution in [0, 0.1) is 5.92 Å². The average molecular weight is 550 g/mol. The van der Waals surface area contributed by atoms with E-state index in [1.807, 2.05) is 6.92 Å². The number of amides is 1. The van der Waals surface area contributed by atoms with Crippen molar-refractivity contribution in [1.29, 1.82) is 0 Å². The summed E-state index contributed by atoms with van der Waals surface area (Å²) in [5.41, 5.74) is 3.89. The van der Waals surface area contributed by atoms with E-state index in [4.69, 9.17) is 33.3 Å². The van der Waals surface area contributed by atoms with Gasteiger partial charge >= 0.3 is 0 Å². The van der Waals surface area contributed by atoms with Crippen LogP contribution in [0.15, 0.2) is 32.9 Å². The Morgan fingerprint density at radius 3 is 2.54 bits per heavy atom. The van der Waals surface area contributed by atoms with E-state index in [1.165, 1.54) is 27.5 Å². The molecule has 35 heavy (non-hydrogen) atoms. The van der Waals surface area contributed by atoms with E-state index < -0.39 is 17.9 Å². The van der Waals surface area contributed by atoms with Crippen molar-refractivity contribution in [3.8, 4) is 34.5 Å². The smallest absolute Gasteiger partial charge is 0.289 e. The first-order chi connectivity index (χ1) is 16.9. The van der Waals surface area contributed by atoms with Crippen LogP contribution >= 0.6 is 15.9 Å². The zero-order valence-electron chi connectivity index (χ0n) is 19.7. The maximum Gasteiger partial charge on any atom is 0.289 e. The number of hydrazone groups is 1. The summed E-state index contributed by atoms with van der Waals surface area (Å²) in [4.78, 5) is 18.5. The molecule has 0 bridgehead atoms. The van der Waals surface area contributed by atoms with Gasteiger partial charge in [0.15, 0.2) is 23.3 Å². The van der Waals surface area contributed by atoms with E-state index in [9.17, 15) is 4.79 Å². The zero-order valence-corrected chi connectivity index (χ0v) is 21.3. The van der Waals surface area contributed by atoms with Crippen LogP contribution in [0.1, 0.15) is 24.2 Å². The number of nitrogens with one attached hydrogen (secondary N) is 1. The molecule has 0 unspecified atom stereocenters. The Balaban J connectivity index is 1.53. The quantitative estimate of drug-likeness (QED) is 0.393. The Labute approximate surface area is 210 Å². The number of carbonyl (C=O) groups is 1. The highest BCUT2D eigenvalue weighted by atomic mass is 79.9. The lowest BCUT2D eigenvalue weighted by Crippen LogP contribution is -2.31. The molecule has 11 nitrogen and oxygen atoms in total. The van der Waals surface area contributed by atoms with Crippen LogP contribution in [-0.2, 0) is 9.63 Å². The largest absolute Gasteiger partial charge is 0.497 e. The molecule has 0 saturated heterocycles. The fraction of sp³-hybridized carbons (Fsp3) is 0.348. The molecule has 2 aromatic rings. The highest BCUT2D eigenvalue weighted by Gasteiger charge is 2.42. The van der Waals surface area contributed by atoms with Crippen molar-refractivity contribution in [3.05, 3.63) is 33.8 Å². The van der Waals surface area contributed by atoms with Gasteiger partial charge in [-0.3, -0.25) is 4.79 Å². The topological polar surface area (TPSA) is 118 Å². The van der Waals surface area contributed by atoms with Crippen LogP contribution in [0.2, 0.25) is 0 Å². The van der Waals surface area contributed by atoms with Crippen molar-refractivity contribution in [2.45, 2.75) is 13.0 Å². The van der Waals surface area contributed by atoms with Crippen molar-refractivity contribution in [1.82, 2.24) is 5.43 Å². The van der Waals surface area contributed by atoms with Crippen molar-refractivity contribution < 1.29 is 38.1 Å². The molecule has 0 aliphatic carbocycles. The minimum absolute atomic E-state index is 0.0408. The molecule has 12 heteroatoms. The van der Waals surface area contributed by atoms with Crippen molar-refractivity contribution >= 4 is 33.8 Å². The number of carbonyl (C=O) groups excluding carboxylic acids is 1. The molecule has 0 spiro atoms. The summed E-state index contributed by atoms with van der Waals surface area (Å²) in [7, 11) is 6.11. The summed E-state index contributed by atoms with van der Waals surface area (Å²) in [6, 6.07) is 5.24. The van der Waals surface area contributed by atoms with E-state index in [0.717, 1.165) is 0 Å². The normalized spacial score (nSPS) is 18.2. The summed E-state index contributed by atoms with van der Waals surface area (Å²) < 4.78 is 33.3. The summed E-state index contributed by atoms with van der Waals surface area (Å²) >= 11 is 3.56. The van der Waals surface area contributed by atoms with Crippen LogP contribution in [-0.4, -0.2) is 53.1 Å². The molecule has 186 valence electrons. The van der Waals surface area contributed by atoms with Gasteiger partial charge in [0.2, 0.25) is 18.3 Å². The summed E-state index contributed by atoms with van der Waals surface area (Å²) in [6.45, 7) is 1.86. The van der Waals surface area contributed by atoms with Gasteiger partial charge in [0.05, 0.1) is 50.6 Å². The van der Waals surface area contributed by atoms with Crippen LogP contribution in [0.5, 0.6) is 34.5 Å². The SMILES string of the molecule is COc1ccc(/C=N\NC(=O)C2=NO[C@H](c3c(Br)c4c(c(OC)c3OC)OCO4)[C@H]2C)c(OC)c1. The molecule has 2 heterocycles. The minimum Gasteiger partial charge on any atom is -0.497 e. The maximum atomic E-state index is 12.8. The average Bonchev–Trinajstić information content (AvgIpc) is 3.51. The van der Waals surface area contributed by atoms with Gasteiger partial charge in [0.1, 0.15) is 11.5 Å². The van der Waals surface area contributed by atoms with Crippen LogP contribution in [0.4, 0.5) is 0 Å². The fourth-order valence-electron chi connectivity index (χ4n) is 3.82. The third-order valence-corrected chi connectivity index (χ3v) is 6.38. The van der Waals surface area contributed by atoms with E-state index in [1.54, 1.807) is 25.3 Å². The lowest BCUT2D eigenvalue weighted by atomic mass is 9.92. The minimum atomic E-state index is -0.658. The van der Waals surface area contributed by atoms with E-state index >= 15 is 0 Å². The summed E-state index contributed by atoms with van der Waals surface area (Å²) in [6.07, 6.45) is 0.811. The first kappa shape index (κ1) is 24.5. The molecule has 2 aromatic carbocycles. The third kappa shape index (κ3) is 4.41. The zero-order chi connectivity index (χ0) is 25.1. The number of methoxy groups -OCH3 is 4. The van der Waals surface area contributed by atoms with Gasteiger partial charge < -0.3 is 33.3 Å². The van der Waals surface area contributed by atoms with Crippen molar-refractivity contribution in [2.75, 3.05) is 35.2 Å². The highest BCUT2D eigenvalue weighted by Crippen LogP contribution is 2.57. The van der Waals surface area contributed by atoms with E-state index in [0.29, 0.717) is 50.1 Å². The number of oxime groups is 1. The van der Waals surface area contributed by atoms with Gasteiger partial charge in [0, 0.05) is 11.6 Å². The first-order valence-electron chi connectivity index (χ1n) is 10.5. The maximum absolute atomic E-state index is 12.8. The lowest BCUT2D eigenvalue weighted by molar-refractivity contribution is -0.115. The molecule has 0 radical (unpaired) electrons. The summed E-state index contributed by atoms with van der Waals surface area (Å²) in [5, 5.41) is 8.06. The predicted octanol–water partition coefficient (Wildman–Crippen LogP) is 3.43. The number of fused-ring (bicyclic) bond motifs is 1. The lowest BCUT2D eigenvalue weighted by Gasteiger charge is -2.22. The van der Waals surface area contributed by atoms with Crippen LogP contribution in [0.25, 0.3) is 0 Å². The number of ether oxygens (including phenoxy) is 6. The van der Waals surface area contributed by atoms with Crippen molar-refractivity contribution in [3.63, 3.8) is 0 Å². The second-order valence-electron chi connectivity index (χ2n) is 7.46. The van der Waals surface area contributed by atoms with Crippen LogP contribution in [0.3, 0.4) is 0 Å².